The van der Waals surface area contributed by atoms with E-state index in [-0.39, 0.29) is 11.0 Å². The minimum absolute atomic E-state index is 0.0835. The van der Waals surface area contributed by atoms with Crippen molar-refractivity contribution < 1.29 is 4.74 Å². The lowest BCUT2D eigenvalue weighted by Crippen LogP contribution is -2.70. The van der Waals surface area contributed by atoms with Gasteiger partial charge in [0.05, 0.1) is 42.9 Å². The third kappa shape index (κ3) is 2.92. The molecule has 0 bridgehead atoms. The smallest absolute Gasteiger partial charge is 0.159 e. The Balaban J connectivity index is 1.30. The number of morpholine rings is 1. The molecular formula is C23H25N7O. The first-order chi connectivity index (χ1) is 15.1. The molecule has 1 aliphatic carbocycles. The molecule has 4 heterocycles. The molecule has 2 aromatic heterocycles. The van der Waals surface area contributed by atoms with Crippen LogP contribution in [0.4, 0.5) is 5.82 Å². The molecule has 3 aromatic rings. The van der Waals surface area contributed by atoms with E-state index in [4.69, 9.17) is 4.74 Å². The quantitative estimate of drug-likeness (QED) is 0.649. The molecule has 2 aliphatic heterocycles. The van der Waals surface area contributed by atoms with Gasteiger partial charge in [-0.05, 0) is 37.9 Å². The number of anilines is 1. The molecule has 8 nitrogen and oxygen atoms in total. The van der Waals surface area contributed by atoms with Crippen LogP contribution in [0.3, 0.4) is 0 Å². The zero-order chi connectivity index (χ0) is 21.1. The highest BCUT2D eigenvalue weighted by Gasteiger charge is 2.47. The standard InChI is InChI=1S/C23H25N7O/c1-28-7-8-31-23(13-28)14-29(15-23)20-10-21(26-16-25-20)30-19-9-18(4-3-17(19)11-27-30)22(12-24)5-2-6-22/h3-4,9-11,16H,2,5-8,13-15H2,1H3. The van der Waals surface area contributed by atoms with Crippen molar-refractivity contribution in [3.05, 3.63) is 42.4 Å². The Labute approximate surface area is 181 Å². The fourth-order valence-corrected chi connectivity index (χ4v) is 5.16. The Hall–Kier alpha value is -3.02. The van der Waals surface area contributed by atoms with Gasteiger partial charge in [-0.1, -0.05) is 12.1 Å². The average Bonchev–Trinajstić information content (AvgIpc) is 3.15. The van der Waals surface area contributed by atoms with E-state index in [1.54, 1.807) is 6.33 Å². The van der Waals surface area contributed by atoms with Gasteiger partial charge < -0.3 is 14.5 Å². The monoisotopic (exact) mass is 415 g/mol. The van der Waals surface area contributed by atoms with Crippen LogP contribution < -0.4 is 4.90 Å². The van der Waals surface area contributed by atoms with E-state index >= 15 is 0 Å². The molecule has 3 aliphatic rings. The number of hydrogen-bond acceptors (Lipinski definition) is 7. The van der Waals surface area contributed by atoms with Crippen LogP contribution in [0, 0.1) is 11.3 Å². The Bertz CT molecular complexity index is 1190. The fourth-order valence-electron chi connectivity index (χ4n) is 5.16. The molecular weight excluding hydrogens is 390 g/mol. The normalized spacial score (nSPS) is 22.1. The van der Waals surface area contributed by atoms with Crippen LogP contribution in [0.5, 0.6) is 0 Å². The zero-order valence-electron chi connectivity index (χ0n) is 17.7. The van der Waals surface area contributed by atoms with E-state index < -0.39 is 0 Å². The number of nitriles is 1. The topological polar surface area (TPSA) is 83.1 Å². The molecule has 0 atom stereocenters. The van der Waals surface area contributed by atoms with Crippen molar-refractivity contribution in [1.82, 2.24) is 24.6 Å². The predicted molar refractivity (Wildman–Crippen MR) is 116 cm³/mol. The summed E-state index contributed by atoms with van der Waals surface area (Å²) in [5.74, 6) is 1.62. The van der Waals surface area contributed by atoms with E-state index in [9.17, 15) is 5.26 Å². The molecule has 6 rings (SSSR count). The summed E-state index contributed by atoms with van der Waals surface area (Å²) < 4.78 is 7.94. The van der Waals surface area contributed by atoms with E-state index in [1.165, 1.54) is 0 Å². The first kappa shape index (κ1) is 18.7. The summed E-state index contributed by atoms with van der Waals surface area (Å²) in [5.41, 5.74) is 1.62. The van der Waals surface area contributed by atoms with Gasteiger partial charge in [0.2, 0.25) is 0 Å². The lowest BCUT2D eigenvalue weighted by Gasteiger charge is -2.53. The van der Waals surface area contributed by atoms with Gasteiger partial charge >= 0.3 is 0 Å². The molecule has 158 valence electrons. The summed E-state index contributed by atoms with van der Waals surface area (Å²) in [6.45, 7) is 4.39. The van der Waals surface area contributed by atoms with Crippen molar-refractivity contribution in [2.24, 2.45) is 0 Å². The van der Waals surface area contributed by atoms with Crippen LogP contribution in [-0.4, -0.2) is 70.1 Å². The maximum absolute atomic E-state index is 9.74. The molecule has 1 spiro atoms. The highest BCUT2D eigenvalue weighted by atomic mass is 16.5. The number of hydrogen-bond donors (Lipinski definition) is 0. The van der Waals surface area contributed by atoms with E-state index in [1.807, 2.05) is 16.9 Å². The van der Waals surface area contributed by atoms with E-state index in [0.717, 1.165) is 80.2 Å². The molecule has 0 amide bonds. The number of likely N-dealkylation sites (N-methyl/N-ethyl adjacent to an activating group) is 1. The SMILES string of the molecule is CN1CCOC2(C1)CN(c1cc(-n3ncc4ccc(C5(C#N)CCC5)cc43)ncn1)C2. The van der Waals surface area contributed by atoms with Gasteiger partial charge in [-0.3, -0.25) is 0 Å². The van der Waals surface area contributed by atoms with Crippen LogP contribution >= 0.6 is 0 Å². The van der Waals surface area contributed by atoms with Gasteiger partial charge in [0.15, 0.2) is 5.82 Å². The number of aromatic nitrogens is 4. The Morgan fingerprint density at radius 3 is 2.68 bits per heavy atom. The zero-order valence-corrected chi connectivity index (χ0v) is 17.7. The number of rotatable bonds is 3. The first-order valence-corrected chi connectivity index (χ1v) is 10.9. The van der Waals surface area contributed by atoms with Crippen molar-refractivity contribution in [3.63, 3.8) is 0 Å². The summed E-state index contributed by atoms with van der Waals surface area (Å²) in [6, 6.07) is 10.8. The lowest BCUT2D eigenvalue weighted by atomic mass is 9.65. The molecule has 1 saturated carbocycles. The van der Waals surface area contributed by atoms with Crippen molar-refractivity contribution in [3.8, 4) is 11.9 Å². The maximum Gasteiger partial charge on any atom is 0.159 e. The number of fused-ring (bicyclic) bond motifs is 1. The molecule has 0 N–H and O–H groups in total. The lowest BCUT2D eigenvalue weighted by molar-refractivity contribution is -0.117. The van der Waals surface area contributed by atoms with Gasteiger partial charge in [-0.2, -0.15) is 10.4 Å². The molecule has 3 fully saturated rings. The minimum Gasteiger partial charge on any atom is -0.369 e. The van der Waals surface area contributed by atoms with Crippen LogP contribution in [0.25, 0.3) is 16.7 Å². The number of nitrogens with zero attached hydrogens (tertiary/aromatic N) is 7. The van der Waals surface area contributed by atoms with Gasteiger partial charge in [0.1, 0.15) is 17.7 Å². The Morgan fingerprint density at radius 1 is 1.10 bits per heavy atom. The predicted octanol–water partition coefficient (Wildman–Crippen LogP) is 2.28. The van der Waals surface area contributed by atoms with Crippen molar-refractivity contribution in [1.29, 1.82) is 5.26 Å². The highest BCUT2D eigenvalue weighted by molar-refractivity contribution is 5.81. The van der Waals surface area contributed by atoms with Crippen molar-refractivity contribution in [2.45, 2.75) is 30.3 Å². The summed E-state index contributed by atoms with van der Waals surface area (Å²) in [5, 5.41) is 15.4. The van der Waals surface area contributed by atoms with Crippen molar-refractivity contribution >= 4 is 16.7 Å². The van der Waals surface area contributed by atoms with E-state index in [0.29, 0.717) is 0 Å². The van der Waals surface area contributed by atoms with Crippen molar-refractivity contribution in [2.75, 3.05) is 44.7 Å². The van der Waals surface area contributed by atoms with Gasteiger partial charge in [-0.25, -0.2) is 14.6 Å². The van der Waals surface area contributed by atoms with E-state index in [2.05, 4.69) is 56.2 Å². The summed E-state index contributed by atoms with van der Waals surface area (Å²) in [4.78, 5) is 13.6. The van der Waals surface area contributed by atoms with Gasteiger partial charge in [0, 0.05) is 24.5 Å². The summed E-state index contributed by atoms with van der Waals surface area (Å²) in [6.07, 6.45) is 6.41. The number of benzene rings is 1. The molecule has 8 heteroatoms. The summed E-state index contributed by atoms with van der Waals surface area (Å²) >= 11 is 0. The summed E-state index contributed by atoms with van der Waals surface area (Å²) in [7, 11) is 2.15. The second kappa shape index (κ2) is 6.74. The Kier molecular flexibility index (Phi) is 4.07. The third-order valence-corrected chi connectivity index (χ3v) is 7.12. The fraction of sp³-hybridized carbons (Fsp3) is 0.478. The van der Waals surface area contributed by atoms with Crippen LogP contribution in [-0.2, 0) is 10.2 Å². The van der Waals surface area contributed by atoms with Crippen LogP contribution in [0.15, 0.2) is 36.8 Å². The van der Waals surface area contributed by atoms with Gasteiger partial charge in [0.25, 0.3) is 0 Å². The third-order valence-electron chi connectivity index (χ3n) is 7.12. The number of ether oxygens (including phenoxy) is 1. The van der Waals surface area contributed by atoms with Gasteiger partial charge in [-0.15, -0.1) is 0 Å². The van der Waals surface area contributed by atoms with Crippen LogP contribution in [0.2, 0.25) is 0 Å². The largest absolute Gasteiger partial charge is 0.369 e. The maximum atomic E-state index is 9.74. The molecule has 31 heavy (non-hydrogen) atoms. The molecule has 2 saturated heterocycles. The molecule has 0 unspecified atom stereocenters. The molecule has 0 radical (unpaired) electrons. The second-order valence-corrected chi connectivity index (χ2v) is 9.24. The second-order valence-electron chi connectivity index (χ2n) is 9.24. The van der Waals surface area contributed by atoms with Crippen LogP contribution in [0.1, 0.15) is 24.8 Å². The average molecular weight is 416 g/mol. The minimum atomic E-state index is -0.348. The molecule has 1 aromatic carbocycles. The highest BCUT2D eigenvalue weighted by Crippen LogP contribution is 2.44. The first-order valence-electron chi connectivity index (χ1n) is 10.9. The Morgan fingerprint density at radius 2 is 1.94 bits per heavy atom.